The van der Waals surface area contributed by atoms with Crippen LogP contribution in [0.1, 0.15) is 46.5 Å². The molecule has 0 aromatic heterocycles. The second kappa shape index (κ2) is 3.95. The summed E-state index contributed by atoms with van der Waals surface area (Å²) in [5, 5.41) is 3.12. The van der Waals surface area contributed by atoms with Gasteiger partial charge in [-0.2, -0.15) is 0 Å². The minimum absolute atomic E-state index is 0.0253. The molecule has 3 rings (SSSR count). The monoisotopic (exact) mass is 266 g/mol. The normalized spacial score (nSPS) is 41.9. The predicted molar refractivity (Wildman–Crippen MR) is 73.5 cm³/mol. The number of fused-ring (bicyclic) bond motifs is 1. The van der Waals surface area contributed by atoms with E-state index in [9.17, 15) is 4.79 Å². The molecular weight excluding hydrogens is 240 g/mol. The molecule has 3 aliphatic rings. The summed E-state index contributed by atoms with van der Waals surface area (Å²) < 4.78 is 5.73. The molecule has 0 spiro atoms. The maximum atomic E-state index is 12.6. The molecule has 1 saturated heterocycles. The zero-order valence-electron chi connectivity index (χ0n) is 12.3. The predicted octanol–water partition coefficient (Wildman–Crippen LogP) is 1.44. The van der Waals surface area contributed by atoms with Crippen molar-refractivity contribution in [3.8, 4) is 0 Å². The molecule has 0 aromatic carbocycles. The van der Waals surface area contributed by atoms with Gasteiger partial charge >= 0.3 is 0 Å². The lowest BCUT2D eigenvalue weighted by atomic mass is 9.48. The molecule has 2 saturated carbocycles. The Morgan fingerprint density at radius 1 is 1.37 bits per heavy atom. The first-order chi connectivity index (χ1) is 8.81. The van der Waals surface area contributed by atoms with E-state index in [1.165, 1.54) is 19.3 Å². The van der Waals surface area contributed by atoms with E-state index in [1.54, 1.807) is 0 Å². The highest BCUT2D eigenvalue weighted by molar-refractivity contribution is 5.89. The first-order valence-corrected chi connectivity index (χ1v) is 7.50. The van der Waals surface area contributed by atoms with Crippen LogP contribution < -0.4 is 11.1 Å². The van der Waals surface area contributed by atoms with Crippen LogP contribution in [0.4, 0.5) is 0 Å². The van der Waals surface area contributed by atoms with E-state index < -0.39 is 5.54 Å². The maximum Gasteiger partial charge on any atom is 0.241 e. The number of hydrogen-bond donors (Lipinski definition) is 2. The summed E-state index contributed by atoms with van der Waals surface area (Å²) in [5.74, 6) is 0.217. The number of ether oxygens (including phenoxy) is 1. The molecule has 1 aliphatic heterocycles. The molecule has 3 unspecified atom stereocenters. The fourth-order valence-corrected chi connectivity index (χ4v) is 4.24. The van der Waals surface area contributed by atoms with E-state index in [1.807, 2.05) is 0 Å². The van der Waals surface area contributed by atoms with Crippen LogP contribution >= 0.6 is 0 Å². The highest BCUT2D eigenvalue weighted by Crippen LogP contribution is 2.58. The fourth-order valence-electron chi connectivity index (χ4n) is 4.24. The quantitative estimate of drug-likeness (QED) is 0.812. The lowest BCUT2D eigenvalue weighted by Gasteiger charge is -2.60. The third-order valence-electron chi connectivity index (χ3n) is 6.07. The maximum absolute atomic E-state index is 12.6. The number of rotatable bonds is 3. The molecule has 19 heavy (non-hydrogen) atoms. The molecule has 0 aromatic rings. The number of nitrogens with two attached hydrogens (primary N) is 1. The second-order valence-electron chi connectivity index (χ2n) is 7.62. The molecule has 1 heterocycles. The molecule has 4 nitrogen and oxygen atoms in total. The van der Waals surface area contributed by atoms with Crippen LogP contribution in [0.5, 0.6) is 0 Å². The second-order valence-corrected chi connectivity index (χ2v) is 7.62. The van der Waals surface area contributed by atoms with Gasteiger partial charge in [-0.3, -0.25) is 4.79 Å². The average molecular weight is 266 g/mol. The van der Waals surface area contributed by atoms with E-state index in [-0.39, 0.29) is 23.3 Å². The van der Waals surface area contributed by atoms with Crippen molar-refractivity contribution in [2.75, 3.05) is 13.2 Å². The number of amides is 1. The molecule has 2 aliphatic carbocycles. The van der Waals surface area contributed by atoms with Crippen molar-refractivity contribution in [3.05, 3.63) is 0 Å². The molecule has 108 valence electrons. The summed E-state index contributed by atoms with van der Waals surface area (Å²) >= 11 is 0. The van der Waals surface area contributed by atoms with E-state index in [2.05, 4.69) is 26.1 Å². The Hall–Kier alpha value is -0.610. The van der Waals surface area contributed by atoms with Crippen molar-refractivity contribution in [2.45, 2.75) is 58.1 Å². The van der Waals surface area contributed by atoms with Gasteiger partial charge in [-0.05, 0) is 24.7 Å². The molecule has 4 heteroatoms. The largest absolute Gasteiger partial charge is 0.377 e. The Labute approximate surface area is 115 Å². The topological polar surface area (TPSA) is 64.4 Å². The third-order valence-corrected chi connectivity index (χ3v) is 6.07. The van der Waals surface area contributed by atoms with Gasteiger partial charge in [-0.25, -0.2) is 0 Å². The number of hydrogen-bond acceptors (Lipinski definition) is 3. The summed E-state index contributed by atoms with van der Waals surface area (Å²) in [6.07, 6.45) is 4.77. The van der Waals surface area contributed by atoms with Crippen molar-refractivity contribution >= 4 is 5.91 Å². The van der Waals surface area contributed by atoms with Crippen LogP contribution in [0.15, 0.2) is 0 Å². The Kier molecular flexibility index (Phi) is 2.78. The molecule has 3 atom stereocenters. The first-order valence-electron chi connectivity index (χ1n) is 7.50. The summed E-state index contributed by atoms with van der Waals surface area (Å²) in [6, 6.07) is 0. The van der Waals surface area contributed by atoms with Crippen molar-refractivity contribution in [3.63, 3.8) is 0 Å². The van der Waals surface area contributed by atoms with Gasteiger partial charge in [0.15, 0.2) is 0 Å². The highest BCUT2D eigenvalue weighted by atomic mass is 16.5. The van der Waals surface area contributed by atoms with Gasteiger partial charge in [0.1, 0.15) is 5.54 Å². The van der Waals surface area contributed by atoms with E-state index in [0.717, 1.165) is 19.6 Å². The first kappa shape index (κ1) is 13.4. The van der Waals surface area contributed by atoms with E-state index >= 15 is 0 Å². The van der Waals surface area contributed by atoms with Gasteiger partial charge in [0, 0.05) is 24.5 Å². The summed E-state index contributed by atoms with van der Waals surface area (Å²) in [6.45, 7) is 7.86. The Balaban J connectivity index is 1.68. The van der Waals surface area contributed by atoms with Gasteiger partial charge in [-0.1, -0.05) is 27.2 Å². The third kappa shape index (κ3) is 1.62. The van der Waals surface area contributed by atoms with Crippen LogP contribution in [-0.4, -0.2) is 30.7 Å². The summed E-state index contributed by atoms with van der Waals surface area (Å²) in [4.78, 5) is 12.6. The van der Waals surface area contributed by atoms with Crippen LogP contribution in [0.25, 0.3) is 0 Å². The van der Waals surface area contributed by atoms with Gasteiger partial charge in [0.25, 0.3) is 0 Å². The summed E-state index contributed by atoms with van der Waals surface area (Å²) in [7, 11) is 0. The zero-order chi connectivity index (χ0) is 13.9. The Morgan fingerprint density at radius 3 is 2.63 bits per heavy atom. The van der Waals surface area contributed by atoms with Crippen LogP contribution in [0.3, 0.4) is 0 Å². The van der Waals surface area contributed by atoms with Gasteiger partial charge < -0.3 is 15.8 Å². The van der Waals surface area contributed by atoms with E-state index in [0.29, 0.717) is 5.41 Å². The van der Waals surface area contributed by atoms with E-state index in [4.69, 9.17) is 10.5 Å². The highest BCUT2D eigenvalue weighted by Gasteiger charge is 2.71. The molecule has 0 bridgehead atoms. The van der Waals surface area contributed by atoms with Crippen molar-refractivity contribution < 1.29 is 9.53 Å². The summed E-state index contributed by atoms with van der Waals surface area (Å²) in [5.41, 5.74) is 5.78. The Bertz CT molecular complexity index is 403. The standard InChI is InChI=1S/C15H26N2O2/c1-13(2)11-10(5-8-19-11)15(13,16)12(18)17-9-14(3)6-4-7-14/h10-11H,4-9,16H2,1-3H3,(H,17,18). The molecule has 3 fully saturated rings. The SMILES string of the molecule is CC1(CNC(=O)C2(N)C3CCOC3C2(C)C)CCC1. The lowest BCUT2D eigenvalue weighted by Crippen LogP contribution is -2.80. The van der Waals surface area contributed by atoms with Crippen LogP contribution in [-0.2, 0) is 9.53 Å². The number of carbonyl (C=O) groups excluding carboxylic acids is 1. The fraction of sp³-hybridized carbons (Fsp3) is 0.933. The van der Waals surface area contributed by atoms with Crippen molar-refractivity contribution in [1.29, 1.82) is 0 Å². The molecule has 0 radical (unpaired) electrons. The number of nitrogens with one attached hydrogen (secondary N) is 1. The van der Waals surface area contributed by atoms with Crippen LogP contribution in [0, 0.1) is 16.7 Å². The minimum Gasteiger partial charge on any atom is -0.377 e. The molecule has 3 N–H and O–H groups in total. The van der Waals surface area contributed by atoms with Gasteiger partial charge in [-0.15, -0.1) is 0 Å². The van der Waals surface area contributed by atoms with Crippen molar-refractivity contribution in [2.24, 2.45) is 22.5 Å². The molecular formula is C15H26N2O2. The van der Waals surface area contributed by atoms with Gasteiger partial charge in [0.2, 0.25) is 5.91 Å². The molecule has 1 amide bonds. The lowest BCUT2D eigenvalue weighted by molar-refractivity contribution is -0.175. The van der Waals surface area contributed by atoms with Crippen LogP contribution in [0.2, 0.25) is 0 Å². The zero-order valence-corrected chi connectivity index (χ0v) is 12.3. The average Bonchev–Trinajstić information content (AvgIpc) is 2.80. The minimum atomic E-state index is -0.756. The van der Waals surface area contributed by atoms with Crippen molar-refractivity contribution in [1.82, 2.24) is 5.32 Å². The van der Waals surface area contributed by atoms with Gasteiger partial charge in [0.05, 0.1) is 6.10 Å². The number of carbonyl (C=O) groups is 1. The smallest absolute Gasteiger partial charge is 0.241 e. The Morgan fingerprint density at radius 2 is 2.05 bits per heavy atom.